The van der Waals surface area contributed by atoms with Crippen molar-refractivity contribution in [2.75, 3.05) is 66.2 Å². The molecule has 1 atom stereocenters. The second kappa shape index (κ2) is 14.3. The smallest absolute Gasteiger partial charge is 0.193 e. The molecule has 0 radical (unpaired) electrons. The molecule has 2 saturated heterocycles. The number of nitrogens with one attached hydrogen (secondary N) is 1. The highest BCUT2D eigenvalue weighted by Gasteiger charge is 2.23. The van der Waals surface area contributed by atoms with Gasteiger partial charge in [0.15, 0.2) is 5.96 Å². The summed E-state index contributed by atoms with van der Waals surface area (Å²) < 4.78 is 11.1. The Balaban J connectivity index is 0.00000341. The number of halogens is 1. The van der Waals surface area contributed by atoms with E-state index in [1.165, 1.54) is 30.4 Å². The zero-order valence-electron chi connectivity index (χ0n) is 19.5. The van der Waals surface area contributed by atoms with Gasteiger partial charge in [-0.3, -0.25) is 9.89 Å². The van der Waals surface area contributed by atoms with Crippen LogP contribution in [0.4, 0.5) is 0 Å². The van der Waals surface area contributed by atoms with E-state index in [-0.39, 0.29) is 30.0 Å². The summed E-state index contributed by atoms with van der Waals surface area (Å²) in [5.74, 6) is 1.79. The van der Waals surface area contributed by atoms with Gasteiger partial charge in [0, 0.05) is 46.4 Å². The third kappa shape index (κ3) is 8.51. The van der Waals surface area contributed by atoms with E-state index < -0.39 is 0 Å². The fourth-order valence-corrected chi connectivity index (χ4v) is 4.36. The first kappa shape index (κ1) is 26.4. The van der Waals surface area contributed by atoms with Crippen molar-refractivity contribution in [3.05, 3.63) is 35.4 Å². The Morgan fingerprint density at radius 1 is 1.19 bits per heavy atom. The molecular weight excluding hydrogens is 503 g/mol. The molecular formula is C24H41IN4O2. The molecule has 7 heteroatoms. The van der Waals surface area contributed by atoms with Crippen LogP contribution in [0.5, 0.6) is 0 Å². The lowest BCUT2D eigenvalue weighted by molar-refractivity contribution is 0.0179. The van der Waals surface area contributed by atoms with Crippen LogP contribution in [0, 0.1) is 12.8 Å². The standard InChI is InChI=1S/C24H40N4O2.HI/c1-4-25-24(27(3)11-8-21-9-14-29-15-10-21)26-19-23(28-12-16-30-17-13-28)22-7-5-6-20(2)18-22;/h5-7,18,21,23H,4,8-17,19H2,1-3H3,(H,25,26);1H. The van der Waals surface area contributed by atoms with Crippen molar-refractivity contribution in [2.24, 2.45) is 10.9 Å². The number of rotatable bonds is 8. The van der Waals surface area contributed by atoms with Gasteiger partial charge in [0.1, 0.15) is 0 Å². The Bertz CT molecular complexity index is 661. The fourth-order valence-electron chi connectivity index (χ4n) is 4.36. The van der Waals surface area contributed by atoms with Crippen molar-refractivity contribution in [1.29, 1.82) is 0 Å². The van der Waals surface area contributed by atoms with E-state index in [1.807, 2.05) is 0 Å². The third-order valence-electron chi connectivity index (χ3n) is 6.24. The number of hydrogen-bond acceptors (Lipinski definition) is 4. The molecule has 2 aliphatic heterocycles. The lowest BCUT2D eigenvalue weighted by atomic mass is 9.96. The maximum Gasteiger partial charge on any atom is 0.193 e. The van der Waals surface area contributed by atoms with Crippen molar-refractivity contribution in [2.45, 2.75) is 39.2 Å². The Hall–Kier alpha value is -0.900. The van der Waals surface area contributed by atoms with Gasteiger partial charge in [-0.05, 0) is 44.6 Å². The molecule has 1 aromatic carbocycles. The van der Waals surface area contributed by atoms with E-state index in [1.54, 1.807) is 0 Å². The molecule has 0 bridgehead atoms. The van der Waals surface area contributed by atoms with Crippen molar-refractivity contribution < 1.29 is 9.47 Å². The Kier molecular flexibility index (Phi) is 12.1. The van der Waals surface area contributed by atoms with Crippen molar-refractivity contribution >= 4 is 29.9 Å². The predicted molar refractivity (Wildman–Crippen MR) is 138 cm³/mol. The summed E-state index contributed by atoms with van der Waals surface area (Å²) in [5, 5.41) is 3.50. The monoisotopic (exact) mass is 544 g/mol. The largest absolute Gasteiger partial charge is 0.381 e. The van der Waals surface area contributed by atoms with Crippen molar-refractivity contribution in [3.8, 4) is 0 Å². The first-order chi connectivity index (χ1) is 14.7. The fraction of sp³-hybridized carbons (Fsp3) is 0.708. The Morgan fingerprint density at radius 3 is 2.58 bits per heavy atom. The van der Waals surface area contributed by atoms with Crippen LogP contribution in [-0.2, 0) is 9.47 Å². The first-order valence-corrected chi connectivity index (χ1v) is 11.6. The summed E-state index contributed by atoms with van der Waals surface area (Å²) in [4.78, 5) is 9.90. The second-order valence-corrected chi connectivity index (χ2v) is 8.54. The Labute approximate surface area is 205 Å². The number of nitrogens with zero attached hydrogens (tertiary/aromatic N) is 3. The van der Waals surface area contributed by atoms with Crippen LogP contribution in [0.25, 0.3) is 0 Å². The van der Waals surface area contributed by atoms with E-state index in [9.17, 15) is 0 Å². The van der Waals surface area contributed by atoms with Gasteiger partial charge in [0.2, 0.25) is 0 Å². The van der Waals surface area contributed by atoms with Gasteiger partial charge in [-0.15, -0.1) is 24.0 Å². The maximum absolute atomic E-state index is 5.59. The van der Waals surface area contributed by atoms with Crippen molar-refractivity contribution in [3.63, 3.8) is 0 Å². The number of aryl methyl sites for hydroxylation is 1. The molecule has 0 amide bonds. The van der Waals surface area contributed by atoms with Gasteiger partial charge < -0.3 is 19.7 Å². The van der Waals surface area contributed by atoms with E-state index >= 15 is 0 Å². The molecule has 2 heterocycles. The van der Waals surface area contributed by atoms with Gasteiger partial charge in [0.05, 0.1) is 25.8 Å². The minimum absolute atomic E-state index is 0. The van der Waals surface area contributed by atoms with Crippen molar-refractivity contribution in [1.82, 2.24) is 15.1 Å². The summed E-state index contributed by atoms with van der Waals surface area (Å²) in [6.07, 6.45) is 3.58. The number of guanidine groups is 1. The molecule has 6 nitrogen and oxygen atoms in total. The van der Waals surface area contributed by atoms with Gasteiger partial charge >= 0.3 is 0 Å². The number of morpholine rings is 1. The number of hydrogen-bond donors (Lipinski definition) is 1. The number of aliphatic imine (C=N–C) groups is 1. The summed E-state index contributed by atoms with van der Waals surface area (Å²) in [6, 6.07) is 9.15. The molecule has 31 heavy (non-hydrogen) atoms. The highest BCUT2D eigenvalue weighted by Crippen LogP contribution is 2.23. The van der Waals surface area contributed by atoms with Crippen LogP contribution in [0.1, 0.15) is 43.4 Å². The summed E-state index contributed by atoms with van der Waals surface area (Å²) in [6.45, 7) is 12.3. The van der Waals surface area contributed by atoms with E-state index in [0.717, 1.165) is 71.0 Å². The Morgan fingerprint density at radius 2 is 1.90 bits per heavy atom. The average molecular weight is 545 g/mol. The van der Waals surface area contributed by atoms with Gasteiger partial charge in [-0.2, -0.15) is 0 Å². The zero-order chi connectivity index (χ0) is 21.2. The quantitative estimate of drug-likeness (QED) is 0.308. The second-order valence-electron chi connectivity index (χ2n) is 8.54. The highest BCUT2D eigenvalue weighted by molar-refractivity contribution is 14.0. The maximum atomic E-state index is 5.59. The molecule has 1 unspecified atom stereocenters. The SMILES string of the molecule is CCNC(=NCC(c1cccc(C)c1)N1CCOCC1)N(C)CCC1CCOCC1.I. The topological polar surface area (TPSA) is 49.3 Å². The van der Waals surface area contributed by atoms with Gasteiger partial charge in [0.25, 0.3) is 0 Å². The van der Waals surface area contributed by atoms with Gasteiger partial charge in [-0.1, -0.05) is 29.8 Å². The number of ether oxygens (including phenoxy) is 2. The molecule has 3 rings (SSSR count). The molecule has 0 saturated carbocycles. The van der Waals surface area contributed by atoms with Crippen LogP contribution >= 0.6 is 24.0 Å². The van der Waals surface area contributed by atoms with Crippen LogP contribution in [-0.4, -0.2) is 82.0 Å². The zero-order valence-corrected chi connectivity index (χ0v) is 21.8. The van der Waals surface area contributed by atoms with Crippen LogP contribution in [0.3, 0.4) is 0 Å². The molecule has 1 N–H and O–H groups in total. The van der Waals surface area contributed by atoms with E-state index in [2.05, 4.69) is 60.3 Å². The van der Waals surface area contributed by atoms with Gasteiger partial charge in [-0.25, -0.2) is 0 Å². The first-order valence-electron chi connectivity index (χ1n) is 11.6. The van der Waals surface area contributed by atoms with Crippen LogP contribution < -0.4 is 5.32 Å². The normalized spacial score (nSPS) is 19.5. The molecule has 0 aliphatic carbocycles. The lowest BCUT2D eigenvalue weighted by Gasteiger charge is -2.34. The molecule has 0 aromatic heterocycles. The molecule has 2 aliphatic rings. The summed E-state index contributed by atoms with van der Waals surface area (Å²) in [7, 11) is 2.16. The van der Waals surface area contributed by atoms with Crippen LogP contribution in [0.15, 0.2) is 29.3 Å². The lowest BCUT2D eigenvalue weighted by Crippen LogP contribution is -2.42. The minimum Gasteiger partial charge on any atom is -0.381 e. The molecule has 0 spiro atoms. The molecule has 1 aromatic rings. The van der Waals surface area contributed by atoms with Crippen LogP contribution in [0.2, 0.25) is 0 Å². The molecule has 176 valence electrons. The minimum atomic E-state index is 0. The highest BCUT2D eigenvalue weighted by atomic mass is 127. The average Bonchev–Trinajstić information content (AvgIpc) is 2.78. The molecule has 2 fully saturated rings. The third-order valence-corrected chi connectivity index (χ3v) is 6.24. The number of benzene rings is 1. The van der Waals surface area contributed by atoms with E-state index in [4.69, 9.17) is 14.5 Å². The summed E-state index contributed by atoms with van der Waals surface area (Å²) in [5.41, 5.74) is 2.65. The van der Waals surface area contributed by atoms with E-state index in [0.29, 0.717) is 0 Å². The summed E-state index contributed by atoms with van der Waals surface area (Å²) >= 11 is 0. The predicted octanol–water partition coefficient (Wildman–Crippen LogP) is 3.70.